The van der Waals surface area contributed by atoms with Crippen molar-refractivity contribution in [3.05, 3.63) is 72.2 Å². The summed E-state index contributed by atoms with van der Waals surface area (Å²) in [4.78, 5) is 4.10. The molecule has 0 aliphatic rings. The van der Waals surface area contributed by atoms with Gasteiger partial charge in [0.05, 0.1) is 5.69 Å². The molecule has 0 amide bonds. The standard InChI is InChI=1S/C19H20N2/c1-14(2)16-5-7-18(8-6-16)21-15(3)4-9-19(21)17-10-12-20-13-11-17/h4-14H,1-3H3. The van der Waals surface area contributed by atoms with E-state index in [0.29, 0.717) is 5.92 Å². The molecule has 106 valence electrons. The van der Waals surface area contributed by atoms with Gasteiger partial charge in [0.15, 0.2) is 0 Å². The second kappa shape index (κ2) is 5.57. The molecule has 3 aromatic rings. The number of nitrogens with zero attached hydrogens (tertiary/aromatic N) is 2. The van der Waals surface area contributed by atoms with Gasteiger partial charge in [-0.3, -0.25) is 4.98 Å². The molecular formula is C19H20N2. The first-order valence-electron chi connectivity index (χ1n) is 7.36. The lowest BCUT2D eigenvalue weighted by atomic mass is 10.0. The summed E-state index contributed by atoms with van der Waals surface area (Å²) in [5.41, 5.74) is 6.19. The lowest BCUT2D eigenvalue weighted by Crippen LogP contribution is -1.99. The van der Waals surface area contributed by atoms with Crippen molar-refractivity contribution in [1.82, 2.24) is 9.55 Å². The van der Waals surface area contributed by atoms with Crippen LogP contribution in [0.5, 0.6) is 0 Å². The van der Waals surface area contributed by atoms with Gasteiger partial charge in [-0.15, -0.1) is 0 Å². The Hall–Kier alpha value is -2.35. The van der Waals surface area contributed by atoms with Gasteiger partial charge in [-0.25, -0.2) is 0 Å². The van der Waals surface area contributed by atoms with Crippen LogP contribution in [-0.4, -0.2) is 9.55 Å². The molecule has 2 heteroatoms. The summed E-state index contributed by atoms with van der Waals surface area (Å²) in [7, 11) is 0. The van der Waals surface area contributed by atoms with E-state index in [9.17, 15) is 0 Å². The van der Waals surface area contributed by atoms with Gasteiger partial charge in [0.2, 0.25) is 0 Å². The van der Waals surface area contributed by atoms with E-state index in [4.69, 9.17) is 0 Å². The first-order chi connectivity index (χ1) is 10.2. The molecule has 3 rings (SSSR count). The quantitative estimate of drug-likeness (QED) is 0.660. The van der Waals surface area contributed by atoms with Crippen LogP contribution in [0.4, 0.5) is 0 Å². The van der Waals surface area contributed by atoms with Gasteiger partial charge in [-0.05, 0) is 54.8 Å². The molecule has 2 nitrogen and oxygen atoms in total. The SMILES string of the molecule is Cc1ccc(-c2ccncc2)n1-c1ccc(C(C)C)cc1. The highest BCUT2D eigenvalue weighted by Gasteiger charge is 2.09. The average Bonchev–Trinajstić information content (AvgIpc) is 2.90. The maximum absolute atomic E-state index is 4.10. The van der Waals surface area contributed by atoms with Gasteiger partial charge in [-0.1, -0.05) is 26.0 Å². The van der Waals surface area contributed by atoms with E-state index in [1.807, 2.05) is 24.5 Å². The van der Waals surface area contributed by atoms with Crippen molar-refractivity contribution in [1.29, 1.82) is 0 Å². The van der Waals surface area contributed by atoms with E-state index < -0.39 is 0 Å². The molecule has 0 N–H and O–H groups in total. The Bertz CT molecular complexity index is 722. The predicted molar refractivity (Wildman–Crippen MR) is 87.8 cm³/mol. The smallest absolute Gasteiger partial charge is 0.0532 e. The third kappa shape index (κ3) is 2.62. The van der Waals surface area contributed by atoms with Crippen LogP contribution in [0, 0.1) is 6.92 Å². The minimum Gasteiger partial charge on any atom is -0.314 e. The molecule has 0 aliphatic heterocycles. The molecule has 0 unspecified atom stereocenters. The fourth-order valence-electron chi connectivity index (χ4n) is 2.64. The van der Waals surface area contributed by atoms with Crippen LogP contribution >= 0.6 is 0 Å². The highest BCUT2D eigenvalue weighted by molar-refractivity contribution is 5.63. The molecule has 1 aromatic carbocycles. The maximum Gasteiger partial charge on any atom is 0.0532 e. The Kier molecular flexibility index (Phi) is 3.61. The Labute approximate surface area is 126 Å². The summed E-state index contributed by atoms with van der Waals surface area (Å²) < 4.78 is 2.29. The third-order valence-corrected chi connectivity index (χ3v) is 3.87. The molecule has 0 saturated carbocycles. The zero-order chi connectivity index (χ0) is 14.8. The van der Waals surface area contributed by atoms with Crippen LogP contribution in [0.2, 0.25) is 0 Å². The number of aromatic nitrogens is 2. The number of benzene rings is 1. The lowest BCUT2D eigenvalue weighted by molar-refractivity contribution is 0.865. The van der Waals surface area contributed by atoms with E-state index >= 15 is 0 Å². The fourth-order valence-corrected chi connectivity index (χ4v) is 2.64. The van der Waals surface area contributed by atoms with Crippen LogP contribution in [0.3, 0.4) is 0 Å². The topological polar surface area (TPSA) is 17.8 Å². The number of aryl methyl sites for hydroxylation is 1. The second-order valence-electron chi connectivity index (χ2n) is 5.68. The minimum absolute atomic E-state index is 0.560. The number of hydrogen-bond donors (Lipinski definition) is 0. The molecule has 0 atom stereocenters. The molecule has 0 fully saturated rings. The van der Waals surface area contributed by atoms with Crippen molar-refractivity contribution in [3.63, 3.8) is 0 Å². The zero-order valence-electron chi connectivity index (χ0n) is 12.7. The number of pyridine rings is 1. The third-order valence-electron chi connectivity index (χ3n) is 3.87. The molecule has 2 heterocycles. The van der Waals surface area contributed by atoms with Crippen LogP contribution in [0.1, 0.15) is 31.0 Å². The van der Waals surface area contributed by atoms with Crippen molar-refractivity contribution >= 4 is 0 Å². The molecule has 0 aliphatic carbocycles. The monoisotopic (exact) mass is 276 g/mol. The molecule has 0 saturated heterocycles. The molecule has 0 bridgehead atoms. The van der Waals surface area contributed by atoms with Crippen molar-refractivity contribution in [2.24, 2.45) is 0 Å². The van der Waals surface area contributed by atoms with E-state index in [-0.39, 0.29) is 0 Å². The van der Waals surface area contributed by atoms with E-state index in [1.54, 1.807) is 0 Å². The summed E-state index contributed by atoms with van der Waals surface area (Å²) >= 11 is 0. The molecule has 2 aromatic heterocycles. The largest absolute Gasteiger partial charge is 0.314 e. The van der Waals surface area contributed by atoms with Crippen molar-refractivity contribution in [2.45, 2.75) is 26.7 Å². The Morgan fingerprint density at radius 3 is 2.14 bits per heavy atom. The maximum atomic E-state index is 4.10. The lowest BCUT2D eigenvalue weighted by Gasteiger charge is -2.13. The summed E-state index contributed by atoms with van der Waals surface area (Å²) in [6.07, 6.45) is 3.67. The van der Waals surface area contributed by atoms with Gasteiger partial charge in [0.25, 0.3) is 0 Å². The van der Waals surface area contributed by atoms with Gasteiger partial charge < -0.3 is 4.57 Å². The summed E-state index contributed by atoms with van der Waals surface area (Å²) in [6, 6.07) is 17.3. The highest BCUT2D eigenvalue weighted by atomic mass is 15.0. The Morgan fingerprint density at radius 1 is 0.857 bits per heavy atom. The van der Waals surface area contributed by atoms with Gasteiger partial charge in [0.1, 0.15) is 0 Å². The molecule has 0 spiro atoms. The Balaban J connectivity index is 2.08. The normalized spacial score (nSPS) is 11.0. The summed E-state index contributed by atoms with van der Waals surface area (Å²) in [5.74, 6) is 0.560. The summed E-state index contributed by atoms with van der Waals surface area (Å²) in [6.45, 7) is 6.58. The molecular weight excluding hydrogens is 256 g/mol. The van der Waals surface area contributed by atoms with Gasteiger partial charge in [0, 0.05) is 29.3 Å². The van der Waals surface area contributed by atoms with Gasteiger partial charge >= 0.3 is 0 Å². The highest BCUT2D eigenvalue weighted by Crippen LogP contribution is 2.27. The summed E-state index contributed by atoms with van der Waals surface area (Å²) in [5, 5.41) is 0. The van der Waals surface area contributed by atoms with Crippen molar-refractivity contribution in [3.8, 4) is 16.9 Å². The van der Waals surface area contributed by atoms with Crippen molar-refractivity contribution in [2.75, 3.05) is 0 Å². The van der Waals surface area contributed by atoms with Crippen LogP contribution < -0.4 is 0 Å². The van der Waals surface area contributed by atoms with Gasteiger partial charge in [-0.2, -0.15) is 0 Å². The van der Waals surface area contributed by atoms with Crippen LogP contribution in [0.15, 0.2) is 60.9 Å². The molecule has 0 radical (unpaired) electrons. The van der Waals surface area contributed by atoms with E-state index in [2.05, 4.69) is 66.7 Å². The fraction of sp³-hybridized carbons (Fsp3) is 0.211. The van der Waals surface area contributed by atoms with Crippen LogP contribution in [-0.2, 0) is 0 Å². The molecule has 21 heavy (non-hydrogen) atoms. The first kappa shape index (κ1) is 13.6. The Morgan fingerprint density at radius 2 is 1.52 bits per heavy atom. The number of rotatable bonds is 3. The average molecular weight is 276 g/mol. The van der Waals surface area contributed by atoms with E-state index in [1.165, 1.54) is 28.2 Å². The first-order valence-corrected chi connectivity index (χ1v) is 7.36. The van der Waals surface area contributed by atoms with E-state index in [0.717, 1.165) is 0 Å². The minimum atomic E-state index is 0.560. The van der Waals surface area contributed by atoms with Crippen LogP contribution in [0.25, 0.3) is 16.9 Å². The second-order valence-corrected chi connectivity index (χ2v) is 5.68. The number of hydrogen-bond acceptors (Lipinski definition) is 1. The van der Waals surface area contributed by atoms with Crippen molar-refractivity contribution < 1.29 is 0 Å². The predicted octanol–water partition coefficient (Wildman–Crippen LogP) is 4.97. The zero-order valence-corrected chi connectivity index (χ0v) is 12.7.